The molecule has 0 bridgehead atoms. The summed E-state index contributed by atoms with van der Waals surface area (Å²) < 4.78 is 0. The average Bonchev–Trinajstić information content (AvgIpc) is 2.40. The first kappa shape index (κ1) is 11.6. The number of aromatic carboxylic acids is 1. The number of anilines is 1. The van der Waals surface area contributed by atoms with E-state index in [1.54, 1.807) is 0 Å². The molecule has 2 N–H and O–H groups in total. The molecule has 2 heterocycles. The molecule has 0 saturated carbocycles. The lowest BCUT2D eigenvalue weighted by atomic mass is 10.3. The van der Waals surface area contributed by atoms with Crippen molar-refractivity contribution in [2.45, 2.75) is 0 Å². The van der Waals surface area contributed by atoms with Gasteiger partial charge in [0.15, 0.2) is 5.69 Å². The molecule has 0 aliphatic rings. The molecule has 1 amide bonds. The Morgan fingerprint density at radius 3 is 2.67 bits per heavy atom. The zero-order valence-corrected chi connectivity index (χ0v) is 9.07. The van der Waals surface area contributed by atoms with Crippen molar-refractivity contribution >= 4 is 17.7 Å². The Labute approximate surface area is 102 Å². The van der Waals surface area contributed by atoms with Crippen LogP contribution in [0.25, 0.3) is 0 Å². The normalized spacial score (nSPS) is 9.78. The van der Waals surface area contributed by atoms with Gasteiger partial charge in [-0.3, -0.25) is 9.78 Å². The molecular weight excluding hydrogens is 236 g/mol. The van der Waals surface area contributed by atoms with Gasteiger partial charge in [0, 0.05) is 12.4 Å². The molecule has 2 rings (SSSR count). The number of rotatable bonds is 3. The van der Waals surface area contributed by atoms with Gasteiger partial charge in [-0.2, -0.15) is 0 Å². The van der Waals surface area contributed by atoms with Gasteiger partial charge >= 0.3 is 5.97 Å². The molecule has 0 aromatic carbocycles. The summed E-state index contributed by atoms with van der Waals surface area (Å²) in [4.78, 5) is 33.7. The largest absolute Gasteiger partial charge is 0.477 e. The van der Waals surface area contributed by atoms with Gasteiger partial charge in [0.25, 0.3) is 5.91 Å². The van der Waals surface area contributed by atoms with Crippen LogP contribution in [0.5, 0.6) is 0 Å². The average molecular weight is 244 g/mol. The van der Waals surface area contributed by atoms with Crippen molar-refractivity contribution in [3.63, 3.8) is 0 Å². The summed E-state index contributed by atoms with van der Waals surface area (Å²) in [5.41, 5.74) is -0.0213. The molecule has 0 fully saturated rings. The van der Waals surface area contributed by atoms with Crippen LogP contribution in [0.2, 0.25) is 0 Å². The number of carboxylic acid groups (broad SMARTS) is 1. The Balaban J connectivity index is 2.17. The molecule has 0 radical (unpaired) electrons. The lowest BCUT2D eigenvalue weighted by molar-refractivity contribution is 0.0690. The molecule has 2 aromatic heterocycles. The van der Waals surface area contributed by atoms with E-state index in [0.29, 0.717) is 0 Å². The minimum Gasteiger partial charge on any atom is -0.477 e. The zero-order chi connectivity index (χ0) is 13.0. The second kappa shape index (κ2) is 5.00. The summed E-state index contributed by atoms with van der Waals surface area (Å²) in [6.45, 7) is 0. The Morgan fingerprint density at radius 1 is 1.17 bits per heavy atom. The first-order valence-corrected chi connectivity index (χ1v) is 4.94. The predicted molar refractivity (Wildman–Crippen MR) is 61.2 cm³/mol. The van der Waals surface area contributed by atoms with E-state index in [-0.39, 0.29) is 17.2 Å². The van der Waals surface area contributed by atoms with Crippen molar-refractivity contribution in [3.05, 3.63) is 48.2 Å². The molecular formula is C11H8N4O3. The third kappa shape index (κ3) is 2.64. The van der Waals surface area contributed by atoms with Crippen molar-refractivity contribution in [1.82, 2.24) is 15.0 Å². The third-order valence-corrected chi connectivity index (χ3v) is 2.01. The van der Waals surface area contributed by atoms with E-state index in [0.717, 1.165) is 0 Å². The van der Waals surface area contributed by atoms with Crippen LogP contribution in [0.1, 0.15) is 21.0 Å². The molecule has 0 unspecified atom stereocenters. The number of amides is 1. The molecule has 0 aliphatic carbocycles. The minimum atomic E-state index is -1.16. The maximum absolute atomic E-state index is 11.7. The van der Waals surface area contributed by atoms with Crippen LogP contribution in [0, 0.1) is 0 Å². The van der Waals surface area contributed by atoms with Gasteiger partial charge in [0.05, 0.1) is 6.20 Å². The Kier molecular flexibility index (Phi) is 3.24. The molecule has 2 aromatic rings. The van der Waals surface area contributed by atoms with E-state index < -0.39 is 11.9 Å². The quantitative estimate of drug-likeness (QED) is 0.828. The van der Waals surface area contributed by atoms with Crippen molar-refractivity contribution in [1.29, 1.82) is 0 Å². The molecule has 7 heteroatoms. The van der Waals surface area contributed by atoms with Gasteiger partial charge in [0.2, 0.25) is 0 Å². The number of nitrogens with zero attached hydrogens (tertiary/aromatic N) is 3. The van der Waals surface area contributed by atoms with E-state index in [2.05, 4.69) is 20.3 Å². The van der Waals surface area contributed by atoms with Gasteiger partial charge in [-0.25, -0.2) is 14.8 Å². The number of carbonyl (C=O) groups excluding carboxylic acids is 1. The van der Waals surface area contributed by atoms with Crippen LogP contribution >= 0.6 is 0 Å². The first-order chi connectivity index (χ1) is 8.66. The summed E-state index contributed by atoms with van der Waals surface area (Å²) in [5, 5.41) is 11.2. The van der Waals surface area contributed by atoms with Crippen molar-refractivity contribution in [2.24, 2.45) is 0 Å². The van der Waals surface area contributed by atoms with Gasteiger partial charge in [0.1, 0.15) is 11.5 Å². The monoisotopic (exact) mass is 244 g/mol. The molecule has 0 spiro atoms. The highest BCUT2D eigenvalue weighted by molar-refractivity contribution is 6.02. The van der Waals surface area contributed by atoms with E-state index in [9.17, 15) is 9.59 Å². The fourth-order valence-electron chi connectivity index (χ4n) is 1.22. The van der Waals surface area contributed by atoms with Crippen LogP contribution in [0.3, 0.4) is 0 Å². The second-order valence-corrected chi connectivity index (χ2v) is 3.26. The van der Waals surface area contributed by atoms with E-state index >= 15 is 0 Å². The maximum Gasteiger partial charge on any atom is 0.354 e. The molecule has 0 saturated heterocycles. The molecule has 7 nitrogen and oxygen atoms in total. The Hall–Kier alpha value is -2.83. The number of carboxylic acids is 1. The van der Waals surface area contributed by atoms with Gasteiger partial charge in [-0.05, 0) is 12.1 Å². The summed E-state index contributed by atoms with van der Waals surface area (Å²) in [7, 11) is 0. The predicted octanol–water partition coefficient (Wildman–Crippen LogP) is 0.822. The van der Waals surface area contributed by atoms with Gasteiger partial charge in [-0.15, -0.1) is 0 Å². The maximum atomic E-state index is 11.7. The van der Waals surface area contributed by atoms with E-state index in [4.69, 9.17) is 5.11 Å². The fourth-order valence-corrected chi connectivity index (χ4v) is 1.22. The highest BCUT2D eigenvalue weighted by Crippen LogP contribution is 2.06. The number of aromatic nitrogens is 3. The minimum absolute atomic E-state index is 0.125. The summed E-state index contributed by atoms with van der Waals surface area (Å²) in [6, 6.07) is 4.31. The molecule has 18 heavy (non-hydrogen) atoms. The summed E-state index contributed by atoms with van der Waals surface area (Å²) in [6.07, 6.45) is 4.13. The summed E-state index contributed by atoms with van der Waals surface area (Å²) >= 11 is 0. The zero-order valence-electron chi connectivity index (χ0n) is 9.07. The van der Waals surface area contributed by atoms with E-state index in [1.165, 1.54) is 36.8 Å². The number of hydrogen-bond acceptors (Lipinski definition) is 5. The molecule has 0 aliphatic heterocycles. The van der Waals surface area contributed by atoms with Crippen LogP contribution in [-0.4, -0.2) is 31.9 Å². The molecule has 0 atom stereocenters. The first-order valence-electron chi connectivity index (χ1n) is 4.94. The van der Waals surface area contributed by atoms with Gasteiger partial charge < -0.3 is 10.4 Å². The smallest absolute Gasteiger partial charge is 0.354 e. The van der Waals surface area contributed by atoms with E-state index in [1.807, 2.05) is 0 Å². The van der Waals surface area contributed by atoms with Gasteiger partial charge in [-0.1, -0.05) is 6.07 Å². The van der Waals surface area contributed by atoms with Crippen molar-refractivity contribution in [3.8, 4) is 0 Å². The number of hydrogen-bond donors (Lipinski definition) is 2. The standard InChI is InChI=1S/C11H8N4O3/c16-10(8-6-12-4-5-13-8)15-9-3-1-2-7(14-9)11(17)18/h1-6H,(H,17,18)(H,14,15,16). The Morgan fingerprint density at radius 2 is 2.00 bits per heavy atom. The Bertz CT molecular complexity index is 586. The lowest BCUT2D eigenvalue weighted by Gasteiger charge is -2.03. The van der Waals surface area contributed by atoms with Crippen LogP contribution < -0.4 is 5.32 Å². The second-order valence-electron chi connectivity index (χ2n) is 3.26. The van der Waals surface area contributed by atoms with Crippen LogP contribution in [-0.2, 0) is 0 Å². The lowest BCUT2D eigenvalue weighted by Crippen LogP contribution is -2.15. The van der Waals surface area contributed by atoms with Crippen LogP contribution in [0.15, 0.2) is 36.8 Å². The number of pyridine rings is 1. The molecule has 90 valence electrons. The number of nitrogens with one attached hydrogen (secondary N) is 1. The fraction of sp³-hybridized carbons (Fsp3) is 0. The highest BCUT2D eigenvalue weighted by Gasteiger charge is 2.10. The van der Waals surface area contributed by atoms with Crippen molar-refractivity contribution < 1.29 is 14.7 Å². The van der Waals surface area contributed by atoms with Crippen LogP contribution in [0.4, 0.5) is 5.82 Å². The SMILES string of the molecule is O=C(O)c1cccc(NC(=O)c2cnccn2)n1. The third-order valence-electron chi connectivity index (χ3n) is 2.01. The van der Waals surface area contributed by atoms with Crippen molar-refractivity contribution in [2.75, 3.05) is 5.32 Å². The summed E-state index contributed by atoms with van der Waals surface area (Å²) in [5.74, 6) is -1.52. The topological polar surface area (TPSA) is 105 Å². The number of carbonyl (C=O) groups is 2. The highest BCUT2D eigenvalue weighted by atomic mass is 16.4.